The van der Waals surface area contributed by atoms with Gasteiger partial charge in [-0.15, -0.1) is 6.58 Å². The maximum absolute atomic E-state index is 12.1. The third-order valence-corrected chi connectivity index (χ3v) is 6.25. The Bertz CT molecular complexity index is 958. The zero-order chi connectivity index (χ0) is 25.0. The highest BCUT2D eigenvalue weighted by Crippen LogP contribution is 2.42. The molecular formula is C23H37N3O6S. The number of rotatable bonds is 10. The number of nitrogens with zero attached hydrogens (tertiary/aromatic N) is 2. The second kappa shape index (κ2) is 10.8. The molecule has 33 heavy (non-hydrogen) atoms. The number of carbonyl (C=O) groups excluding carboxylic acids is 1. The predicted octanol–water partition coefficient (Wildman–Crippen LogP) is 3.35. The lowest BCUT2D eigenvalue weighted by Gasteiger charge is -2.27. The molecule has 1 aliphatic carbocycles. The summed E-state index contributed by atoms with van der Waals surface area (Å²) in [7, 11) is -3.77. The number of carbonyl (C=O) groups is 1. The van der Waals surface area contributed by atoms with E-state index in [0.717, 1.165) is 19.1 Å². The van der Waals surface area contributed by atoms with Crippen molar-refractivity contribution in [2.24, 2.45) is 17.3 Å². The molecule has 1 fully saturated rings. The number of allylic oxidation sites excluding steroid dienone is 1. The quantitative estimate of drug-likeness (QED) is 0.302. The molecule has 0 unspecified atom stereocenters. The highest BCUT2D eigenvalue weighted by Gasteiger charge is 2.47. The number of anilines is 1. The topological polar surface area (TPSA) is 131 Å². The zero-order valence-corrected chi connectivity index (χ0v) is 21.3. The molecule has 0 saturated heterocycles. The molecule has 0 aromatic carbocycles. The standard InChI is InChI=1S/C23H37N3O6S/c1-8-9-10-16-13-17(11-12-30-22(27)23(4,5)6)20(32-33(7,28)29)19(16)31-21-18(24)14(2)25-15(3)26-21/h8,16-17,19-20H,1,9-13,24H2,2-7H3/t16-,17-,19-,20+/m0/s1. The van der Waals surface area contributed by atoms with Gasteiger partial charge in [0.2, 0.25) is 5.88 Å². The van der Waals surface area contributed by atoms with Crippen LogP contribution in [-0.2, 0) is 23.8 Å². The Kier molecular flexibility index (Phi) is 8.87. The van der Waals surface area contributed by atoms with E-state index in [-0.39, 0.29) is 30.3 Å². The van der Waals surface area contributed by atoms with Crippen LogP contribution in [0.3, 0.4) is 0 Å². The number of esters is 1. The fourth-order valence-electron chi connectivity index (χ4n) is 4.02. The van der Waals surface area contributed by atoms with Crippen LogP contribution in [0.5, 0.6) is 5.88 Å². The van der Waals surface area contributed by atoms with E-state index in [0.29, 0.717) is 30.0 Å². The van der Waals surface area contributed by atoms with Gasteiger partial charge < -0.3 is 15.2 Å². The van der Waals surface area contributed by atoms with Gasteiger partial charge in [0.25, 0.3) is 10.1 Å². The van der Waals surface area contributed by atoms with Crippen LogP contribution in [-0.4, -0.2) is 49.4 Å². The highest BCUT2D eigenvalue weighted by molar-refractivity contribution is 7.86. The number of aromatic nitrogens is 2. The Morgan fingerprint density at radius 1 is 1.18 bits per heavy atom. The number of nitrogen functional groups attached to an aromatic ring is 1. The molecule has 0 amide bonds. The summed E-state index contributed by atoms with van der Waals surface area (Å²) in [4.78, 5) is 20.7. The molecule has 0 spiro atoms. The van der Waals surface area contributed by atoms with Gasteiger partial charge in [-0.1, -0.05) is 6.08 Å². The zero-order valence-electron chi connectivity index (χ0n) is 20.5. The summed E-state index contributed by atoms with van der Waals surface area (Å²) in [6.07, 6.45) is 4.04. The molecule has 186 valence electrons. The van der Waals surface area contributed by atoms with Gasteiger partial charge in [0.1, 0.15) is 23.7 Å². The summed E-state index contributed by atoms with van der Waals surface area (Å²) in [5, 5.41) is 0. The third-order valence-electron chi connectivity index (χ3n) is 5.68. The van der Waals surface area contributed by atoms with Crippen molar-refractivity contribution in [2.45, 2.75) is 72.5 Å². The van der Waals surface area contributed by atoms with Gasteiger partial charge in [-0.05, 0) is 72.1 Å². The average molecular weight is 484 g/mol. The van der Waals surface area contributed by atoms with Gasteiger partial charge in [-0.2, -0.15) is 13.4 Å². The summed E-state index contributed by atoms with van der Waals surface area (Å²) in [6, 6.07) is 0. The van der Waals surface area contributed by atoms with Crippen LogP contribution in [0.2, 0.25) is 0 Å². The average Bonchev–Trinajstić information content (AvgIpc) is 2.98. The summed E-state index contributed by atoms with van der Waals surface area (Å²) < 4.78 is 41.4. The van der Waals surface area contributed by atoms with Crippen LogP contribution >= 0.6 is 0 Å². The molecule has 2 N–H and O–H groups in total. The van der Waals surface area contributed by atoms with Crippen LogP contribution < -0.4 is 10.5 Å². The van der Waals surface area contributed by atoms with Crippen molar-refractivity contribution in [3.8, 4) is 5.88 Å². The smallest absolute Gasteiger partial charge is 0.311 e. The SMILES string of the molecule is C=CCC[C@H]1C[C@H](CCOC(=O)C(C)(C)C)[C@@H](OS(C)(=O)=O)[C@H]1Oc1nc(C)nc(C)c1N. The molecule has 4 atom stereocenters. The molecular weight excluding hydrogens is 446 g/mol. The lowest BCUT2D eigenvalue weighted by atomic mass is 9.97. The molecule has 1 saturated carbocycles. The van der Waals surface area contributed by atoms with E-state index in [1.54, 1.807) is 34.6 Å². The van der Waals surface area contributed by atoms with Gasteiger partial charge in [0.15, 0.2) is 0 Å². The minimum atomic E-state index is -3.77. The number of hydrogen-bond donors (Lipinski definition) is 1. The van der Waals surface area contributed by atoms with Gasteiger partial charge in [-0.25, -0.2) is 4.98 Å². The lowest BCUT2D eigenvalue weighted by Crippen LogP contribution is -2.38. The Balaban J connectivity index is 2.31. The Morgan fingerprint density at radius 2 is 1.82 bits per heavy atom. The van der Waals surface area contributed by atoms with Crippen molar-refractivity contribution in [3.63, 3.8) is 0 Å². The second-order valence-electron chi connectivity index (χ2n) is 9.72. The maximum atomic E-state index is 12.1. The molecule has 0 radical (unpaired) electrons. The molecule has 2 rings (SSSR count). The summed E-state index contributed by atoms with van der Waals surface area (Å²) >= 11 is 0. The van der Waals surface area contributed by atoms with Crippen LogP contribution in [0.15, 0.2) is 12.7 Å². The molecule has 0 bridgehead atoms. The molecule has 1 aromatic rings. The van der Waals surface area contributed by atoms with Gasteiger partial charge >= 0.3 is 5.97 Å². The highest BCUT2D eigenvalue weighted by atomic mass is 32.2. The van der Waals surface area contributed by atoms with E-state index < -0.39 is 27.7 Å². The predicted molar refractivity (Wildman–Crippen MR) is 126 cm³/mol. The van der Waals surface area contributed by atoms with E-state index in [2.05, 4.69) is 16.5 Å². The Hall–Kier alpha value is -2.20. The van der Waals surface area contributed by atoms with Gasteiger partial charge in [-0.3, -0.25) is 8.98 Å². The van der Waals surface area contributed by atoms with Crippen LogP contribution in [0.25, 0.3) is 0 Å². The normalized spacial score (nSPS) is 23.3. The molecule has 1 aromatic heterocycles. The minimum Gasteiger partial charge on any atom is -0.470 e. The fraction of sp³-hybridized carbons (Fsp3) is 0.696. The van der Waals surface area contributed by atoms with Crippen molar-refractivity contribution in [1.82, 2.24) is 9.97 Å². The second-order valence-corrected chi connectivity index (χ2v) is 11.3. The largest absolute Gasteiger partial charge is 0.470 e. The summed E-state index contributed by atoms with van der Waals surface area (Å²) in [5.41, 5.74) is 6.44. The minimum absolute atomic E-state index is 0.0203. The summed E-state index contributed by atoms with van der Waals surface area (Å²) in [5.74, 6) is 0.196. The van der Waals surface area contributed by atoms with E-state index in [9.17, 15) is 13.2 Å². The first-order chi connectivity index (χ1) is 15.2. The van der Waals surface area contributed by atoms with Crippen molar-refractivity contribution in [1.29, 1.82) is 0 Å². The number of nitrogens with two attached hydrogens (primary N) is 1. The molecule has 1 aliphatic rings. The molecule has 10 heteroatoms. The van der Waals surface area contributed by atoms with Crippen LogP contribution in [0.4, 0.5) is 5.69 Å². The van der Waals surface area contributed by atoms with Gasteiger partial charge in [0.05, 0.1) is 24.0 Å². The van der Waals surface area contributed by atoms with E-state index >= 15 is 0 Å². The fourth-order valence-corrected chi connectivity index (χ4v) is 4.69. The number of aryl methyl sites for hydroxylation is 2. The maximum Gasteiger partial charge on any atom is 0.311 e. The third kappa shape index (κ3) is 7.67. The first-order valence-electron chi connectivity index (χ1n) is 11.2. The Morgan fingerprint density at radius 3 is 2.39 bits per heavy atom. The van der Waals surface area contributed by atoms with Crippen molar-refractivity contribution in [3.05, 3.63) is 24.2 Å². The van der Waals surface area contributed by atoms with Gasteiger partial charge in [0, 0.05) is 0 Å². The monoisotopic (exact) mass is 483 g/mol. The number of hydrogen-bond acceptors (Lipinski definition) is 9. The van der Waals surface area contributed by atoms with E-state index in [1.165, 1.54) is 0 Å². The first-order valence-corrected chi connectivity index (χ1v) is 13.0. The van der Waals surface area contributed by atoms with Crippen LogP contribution in [0.1, 0.15) is 58.0 Å². The molecule has 9 nitrogen and oxygen atoms in total. The first kappa shape index (κ1) is 27.0. The Labute approximate surface area is 197 Å². The van der Waals surface area contributed by atoms with Crippen molar-refractivity contribution >= 4 is 21.8 Å². The lowest BCUT2D eigenvalue weighted by molar-refractivity contribution is -0.153. The van der Waals surface area contributed by atoms with Crippen LogP contribution in [0, 0.1) is 31.1 Å². The molecule has 0 aliphatic heterocycles. The van der Waals surface area contributed by atoms with Crippen molar-refractivity contribution in [2.75, 3.05) is 18.6 Å². The summed E-state index contributed by atoms with van der Waals surface area (Å²) in [6.45, 7) is 12.8. The molecule has 1 heterocycles. The van der Waals surface area contributed by atoms with E-state index in [4.69, 9.17) is 19.4 Å². The van der Waals surface area contributed by atoms with E-state index in [1.807, 2.05) is 6.08 Å². The van der Waals surface area contributed by atoms with Crippen molar-refractivity contribution < 1.29 is 26.9 Å². The number of ether oxygens (including phenoxy) is 2.